The van der Waals surface area contributed by atoms with Crippen molar-refractivity contribution in [3.8, 4) is 0 Å². The highest BCUT2D eigenvalue weighted by Gasteiger charge is 2.55. The second-order valence-corrected chi connectivity index (χ2v) is 6.05. The largest absolute Gasteiger partial charge is 0.383 e. The van der Waals surface area contributed by atoms with E-state index in [9.17, 15) is 14.4 Å². The van der Waals surface area contributed by atoms with Crippen molar-refractivity contribution < 1.29 is 23.5 Å². The second kappa shape index (κ2) is 5.44. The van der Waals surface area contributed by atoms with E-state index in [0.29, 0.717) is 5.56 Å². The van der Waals surface area contributed by atoms with E-state index >= 15 is 4.39 Å². The molecule has 8 heteroatoms. The van der Waals surface area contributed by atoms with Gasteiger partial charge in [-0.1, -0.05) is 0 Å². The molecule has 1 aromatic rings. The van der Waals surface area contributed by atoms with Gasteiger partial charge in [0.25, 0.3) is 17.6 Å². The van der Waals surface area contributed by atoms with E-state index < -0.39 is 23.5 Å². The number of thiophene rings is 1. The SMILES string of the molecule is COCCN1C(=O)CC[C@](F)(N2Cc3cscc3C2=O)C1=O. The van der Waals surface area contributed by atoms with E-state index in [1.54, 1.807) is 10.8 Å². The van der Waals surface area contributed by atoms with Crippen molar-refractivity contribution in [1.29, 1.82) is 0 Å². The summed E-state index contributed by atoms with van der Waals surface area (Å²) in [5, 5.41) is 3.43. The summed E-state index contributed by atoms with van der Waals surface area (Å²) < 4.78 is 20.2. The van der Waals surface area contributed by atoms with Gasteiger partial charge in [-0.25, -0.2) is 4.39 Å². The summed E-state index contributed by atoms with van der Waals surface area (Å²) in [6.07, 6.45) is -0.407. The van der Waals surface area contributed by atoms with E-state index in [1.807, 2.05) is 0 Å². The minimum atomic E-state index is -2.46. The van der Waals surface area contributed by atoms with Crippen molar-refractivity contribution in [2.45, 2.75) is 25.2 Å². The molecule has 3 heterocycles. The molecule has 2 aliphatic rings. The average Bonchev–Trinajstić information content (AvgIpc) is 3.07. The molecule has 6 nitrogen and oxygen atoms in total. The maximum Gasteiger partial charge on any atom is 0.288 e. The lowest BCUT2D eigenvalue weighted by Gasteiger charge is -2.40. The molecule has 3 amide bonds. The van der Waals surface area contributed by atoms with Crippen molar-refractivity contribution in [2.24, 2.45) is 0 Å². The summed E-state index contributed by atoms with van der Waals surface area (Å²) in [6.45, 7) is 0.184. The first-order chi connectivity index (χ1) is 10.5. The molecule has 1 aromatic heterocycles. The summed E-state index contributed by atoms with van der Waals surface area (Å²) >= 11 is 1.37. The molecule has 1 fully saturated rings. The normalized spacial score (nSPS) is 25.1. The number of amides is 3. The van der Waals surface area contributed by atoms with E-state index in [4.69, 9.17) is 4.74 Å². The molecule has 0 bridgehead atoms. The van der Waals surface area contributed by atoms with Crippen LogP contribution in [0, 0.1) is 0 Å². The number of halogens is 1. The number of carbonyl (C=O) groups is 3. The third kappa shape index (κ3) is 2.14. The molecule has 0 aliphatic carbocycles. The number of hydrogen-bond donors (Lipinski definition) is 0. The van der Waals surface area contributed by atoms with Gasteiger partial charge < -0.3 is 4.74 Å². The van der Waals surface area contributed by atoms with Gasteiger partial charge in [0.1, 0.15) is 0 Å². The maximum atomic E-state index is 15.3. The third-order valence-electron chi connectivity index (χ3n) is 4.04. The third-order valence-corrected chi connectivity index (χ3v) is 4.83. The zero-order valence-electron chi connectivity index (χ0n) is 12.0. The van der Waals surface area contributed by atoms with Crippen LogP contribution in [0.2, 0.25) is 0 Å². The summed E-state index contributed by atoms with van der Waals surface area (Å²) in [6, 6.07) is 0. The molecular weight excluding hydrogens is 311 g/mol. The monoisotopic (exact) mass is 326 g/mol. The van der Waals surface area contributed by atoms with Crippen LogP contribution in [0.15, 0.2) is 10.8 Å². The van der Waals surface area contributed by atoms with Crippen LogP contribution in [0.5, 0.6) is 0 Å². The zero-order valence-corrected chi connectivity index (χ0v) is 12.8. The minimum Gasteiger partial charge on any atom is -0.383 e. The molecule has 22 heavy (non-hydrogen) atoms. The van der Waals surface area contributed by atoms with Crippen molar-refractivity contribution in [2.75, 3.05) is 20.3 Å². The van der Waals surface area contributed by atoms with Gasteiger partial charge in [-0.2, -0.15) is 11.3 Å². The quantitative estimate of drug-likeness (QED) is 0.615. The predicted molar refractivity (Wildman–Crippen MR) is 75.9 cm³/mol. The number of likely N-dealkylation sites (tertiary alicyclic amines) is 1. The lowest BCUT2D eigenvalue weighted by molar-refractivity contribution is -0.170. The number of alkyl halides is 1. The molecule has 0 N–H and O–H groups in total. The predicted octanol–water partition coefficient (Wildman–Crippen LogP) is 1.17. The molecule has 0 saturated carbocycles. The molecule has 0 aromatic carbocycles. The molecule has 0 spiro atoms. The van der Waals surface area contributed by atoms with Crippen LogP contribution < -0.4 is 0 Å². The van der Waals surface area contributed by atoms with Gasteiger partial charge in [0, 0.05) is 25.3 Å². The Labute approximate surface area is 130 Å². The van der Waals surface area contributed by atoms with E-state index in [2.05, 4.69) is 0 Å². The number of piperidine rings is 1. The van der Waals surface area contributed by atoms with Crippen molar-refractivity contribution >= 4 is 29.1 Å². The number of rotatable bonds is 4. The molecule has 1 atom stereocenters. The van der Waals surface area contributed by atoms with E-state index in [-0.39, 0.29) is 32.5 Å². The second-order valence-electron chi connectivity index (χ2n) is 5.30. The highest BCUT2D eigenvalue weighted by atomic mass is 32.1. The van der Waals surface area contributed by atoms with Crippen LogP contribution in [-0.2, 0) is 20.9 Å². The Bertz CT molecular complexity index is 647. The number of nitrogens with zero attached hydrogens (tertiary/aromatic N) is 2. The van der Waals surface area contributed by atoms with Gasteiger partial charge in [0.05, 0.1) is 25.3 Å². The van der Waals surface area contributed by atoms with Gasteiger partial charge in [0.2, 0.25) is 5.91 Å². The first kappa shape index (κ1) is 15.1. The van der Waals surface area contributed by atoms with Crippen LogP contribution in [0.4, 0.5) is 4.39 Å². The number of ether oxygens (including phenoxy) is 1. The number of hydrogen-bond acceptors (Lipinski definition) is 5. The van der Waals surface area contributed by atoms with Gasteiger partial charge in [-0.3, -0.25) is 24.2 Å². The Kier molecular flexibility index (Phi) is 3.73. The maximum absolute atomic E-state index is 15.3. The van der Waals surface area contributed by atoms with Gasteiger partial charge in [-0.05, 0) is 10.9 Å². The van der Waals surface area contributed by atoms with Crippen molar-refractivity contribution in [3.63, 3.8) is 0 Å². The Morgan fingerprint density at radius 1 is 1.36 bits per heavy atom. The number of carbonyl (C=O) groups excluding carboxylic acids is 3. The fourth-order valence-electron chi connectivity index (χ4n) is 2.80. The van der Waals surface area contributed by atoms with Crippen LogP contribution in [0.25, 0.3) is 0 Å². The first-order valence-corrected chi connectivity index (χ1v) is 7.83. The molecule has 3 rings (SSSR count). The Hall–Kier alpha value is -1.80. The number of imide groups is 1. The molecule has 2 aliphatic heterocycles. The zero-order chi connectivity index (χ0) is 15.9. The Morgan fingerprint density at radius 2 is 2.14 bits per heavy atom. The topological polar surface area (TPSA) is 66.9 Å². The van der Waals surface area contributed by atoms with Crippen LogP contribution in [0.3, 0.4) is 0 Å². The van der Waals surface area contributed by atoms with Crippen LogP contribution in [0.1, 0.15) is 28.8 Å². The Balaban J connectivity index is 1.86. The van der Waals surface area contributed by atoms with Gasteiger partial charge in [-0.15, -0.1) is 0 Å². The molecule has 118 valence electrons. The standard InChI is InChI=1S/C14H15FN2O4S/c1-21-5-4-16-11(18)2-3-14(15,13(16)20)17-6-9-7-22-8-10(9)12(17)19/h7-8H,2-6H2,1H3/t14-/m0/s1. The summed E-state index contributed by atoms with van der Waals surface area (Å²) in [7, 11) is 1.43. The van der Waals surface area contributed by atoms with Gasteiger partial charge in [0.15, 0.2) is 0 Å². The first-order valence-electron chi connectivity index (χ1n) is 6.88. The van der Waals surface area contributed by atoms with Crippen molar-refractivity contribution in [1.82, 2.24) is 9.80 Å². The highest BCUT2D eigenvalue weighted by Crippen LogP contribution is 2.38. The van der Waals surface area contributed by atoms with Gasteiger partial charge >= 0.3 is 0 Å². The lowest BCUT2D eigenvalue weighted by atomic mass is 9.99. The smallest absolute Gasteiger partial charge is 0.288 e. The molecule has 1 saturated heterocycles. The summed E-state index contributed by atoms with van der Waals surface area (Å²) in [5.74, 6) is -4.36. The lowest BCUT2D eigenvalue weighted by Crippen LogP contribution is -2.62. The fourth-order valence-corrected chi connectivity index (χ4v) is 3.62. The van der Waals surface area contributed by atoms with Crippen LogP contribution >= 0.6 is 11.3 Å². The summed E-state index contributed by atoms with van der Waals surface area (Å²) in [5.41, 5.74) is 1.16. The summed E-state index contributed by atoms with van der Waals surface area (Å²) in [4.78, 5) is 38.4. The van der Waals surface area contributed by atoms with Crippen LogP contribution in [-0.4, -0.2) is 53.6 Å². The molecule has 0 radical (unpaired) electrons. The van der Waals surface area contributed by atoms with E-state index in [1.165, 1.54) is 18.4 Å². The van der Waals surface area contributed by atoms with E-state index in [0.717, 1.165) is 15.4 Å². The Morgan fingerprint density at radius 3 is 2.82 bits per heavy atom. The average molecular weight is 326 g/mol. The molecule has 0 unspecified atom stereocenters. The fraction of sp³-hybridized carbons (Fsp3) is 0.500. The minimum absolute atomic E-state index is 0.0108. The number of fused-ring (bicyclic) bond motifs is 1. The molecular formula is C14H15FN2O4S. The van der Waals surface area contributed by atoms with Crippen molar-refractivity contribution in [3.05, 3.63) is 21.9 Å². The number of methoxy groups -OCH3 is 1. The highest BCUT2D eigenvalue weighted by molar-refractivity contribution is 7.08.